The van der Waals surface area contributed by atoms with E-state index in [4.69, 9.17) is 4.74 Å². The van der Waals surface area contributed by atoms with Crippen molar-refractivity contribution in [3.05, 3.63) is 29.8 Å². The first-order chi connectivity index (χ1) is 8.42. The molecule has 2 N–H and O–H groups in total. The lowest BCUT2D eigenvalue weighted by molar-refractivity contribution is 0.0981. The summed E-state index contributed by atoms with van der Waals surface area (Å²) >= 11 is 0. The largest absolute Gasteiger partial charge is 0.490 e. The Kier molecular flexibility index (Phi) is 5.31. The number of nitrogens with one attached hydrogen (secondary N) is 1. The summed E-state index contributed by atoms with van der Waals surface area (Å²) < 4.78 is 5.43. The molecule has 0 aliphatic heterocycles. The molecule has 4 nitrogen and oxygen atoms in total. The van der Waals surface area contributed by atoms with E-state index in [1.807, 2.05) is 20.8 Å². The Hall–Kier alpha value is -1.39. The molecule has 0 radical (unpaired) electrons. The molecule has 0 aliphatic carbocycles. The summed E-state index contributed by atoms with van der Waals surface area (Å²) in [7, 11) is 0. The van der Waals surface area contributed by atoms with Gasteiger partial charge < -0.3 is 15.2 Å². The van der Waals surface area contributed by atoms with Crippen molar-refractivity contribution in [3.8, 4) is 5.75 Å². The fourth-order valence-corrected chi connectivity index (χ4v) is 1.38. The zero-order valence-electron chi connectivity index (χ0n) is 11.1. The number of benzene rings is 1. The van der Waals surface area contributed by atoms with E-state index in [2.05, 4.69) is 5.32 Å². The van der Waals surface area contributed by atoms with E-state index >= 15 is 0 Å². The lowest BCUT2D eigenvalue weighted by Crippen LogP contribution is -2.42. The summed E-state index contributed by atoms with van der Waals surface area (Å²) in [6.45, 7) is 6.70. The van der Waals surface area contributed by atoms with Crippen LogP contribution >= 0.6 is 0 Å². The van der Waals surface area contributed by atoms with Crippen LogP contribution in [0.25, 0.3) is 0 Å². The molecule has 1 aromatic rings. The van der Waals surface area contributed by atoms with Crippen LogP contribution in [-0.4, -0.2) is 36.2 Å². The van der Waals surface area contributed by atoms with E-state index in [-0.39, 0.29) is 12.1 Å². The molecule has 0 heterocycles. The van der Waals surface area contributed by atoms with Crippen molar-refractivity contribution in [2.75, 3.05) is 13.2 Å². The van der Waals surface area contributed by atoms with Crippen LogP contribution in [0.2, 0.25) is 0 Å². The smallest absolute Gasteiger partial charge is 0.153 e. The average molecular weight is 251 g/mol. The van der Waals surface area contributed by atoms with Crippen LogP contribution in [0.15, 0.2) is 24.3 Å². The lowest BCUT2D eigenvalue weighted by atomic mass is 10.1. The van der Waals surface area contributed by atoms with Gasteiger partial charge in [0.05, 0.1) is 5.56 Å². The molecule has 0 aromatic heterocycles. The average Bonchev–Trinajstić information content (AvgIpc) is 2.33. The number of hydrogen-bond donors (Lipinski definition) is 2. The summed E-state index contributed by atoms with van der Waals surface area (Å²) in [4.78, 5) is 10.8. The highest BCUT2D eigenvalue weighted by molar-refractivity contribution is 5.79. The van der Waals surface area contributed by atoms with E-state index in [0.29, 0.717) is 17.9 Å². The van der Waals surface area contributed by atoms with Gasteiger partial charge in [-0.1, -0.05) is 12.1 Å². The number of aldehydes is 1. The maximum Gasteiger partial charge on any atom is 0.153 e. The van der Waals surface area contributed by atoms with Gasteiger partial charge in [0.1, 0.15) is 18.5 Å². The quantitative estimate of drug-likeness (QED) is 0.754. The summed E-state index contributed by atoms with van der Waals surface area (Å²) in [6.07, 6.45) is 0.138. The van der Waals surface area contributed by atoms with Gasteiger partial charge in [0, 0.05) is 12.1 Å². The molecule has 0 spiro atoms. The van der Waals surface area contributed by atoms with Gasteiger partial charge in [-0.15, -0.1) is 0 Å². The van der Waals surface area contributed by atoms with E-state index in [1.165, 1.54) is 0 Å². The predicted octanol–water partition coefficient (Wildman–Crippen LogP) is 1.63. The van der Waals surface area contributed by atoms with Gasteiger partial charge in [-0.25, -0.2) is 0 Å². The number of carbonyl (C=O) groups excluding carboxylic acids is 1. The molecule has 0 bridgehead atoms. The molecule has 0 saturated heterocycles. The number of β-amino-alcohol motifs (C(OH)–C–C–N with tert-alkyl or cyclic N) is 1. The van der Waals surface area contributed by atoms with Gasteiger partial charge in [-0.3, -0.25) is 4.79 Å². The molecular weight excluding hydrogens is 230 g/mol. The fraction of sp³-hybridized carbons (Fsp3) is 0.500. The minimum absolute atomic E-state index is 0.0400. The normalized spacial score (nSPS) is 13.1. The zero-order valence-corrected chi connectivity index (χ0v) is 11.1. The third-order valence-corrected chi connectivity index (χ3v) is 2.35. The first-order valence-corrected chi connectivity index (χ1v) is 6.02. The molecule has 1 atom stereocenters. The Morgan fingerprint density at radius 3 is 2.67 bits per heavy atom. The third-order valence-electron chi connectivity index (χ3n) is 2.35. The van der Waals surface area contributed by atoms with Crippen molar-refractivity contribution in [3.63, 3.8) is 0 Å². The second-order valence-electron chi connectivity index (χ2n) is 5.25. The van der Waals surface area contributed by atoms with Gasteiger partial charge in [-0.05, 0) is 32.9 Å². The SMILES string of the molecule is CC(C)(C)NC[C@@H](O)COc1ccccc1C=O. The van der Waals surface area contributed by atoms with Crippen LogP contribution in [0, 0.1) is 0 Å². The summed E-state index contributed by atoms with van der Waals surface area (Å²) in [5, 5.41) is 12.9. The van der Waals surface area contributed by atoms with Gasteiger partial charge >= 0.3 is 0 Å². The molecule has 0 saturated carbocycles. The van der Waals surface area contributed by atoms with Gasteiger partial charge in [0.15, 0.2) is 6.29 Å². The first-order valence-electron chi connectivity index (χ1n) is 6.02. The fourth-order valence-electron chi connectivity index (χ4n) is 1.38. The molecular formula is C14H21NO3. The minimum atomic E-state index is -0.607. The van der Waals surface area contributed by atoms with Gasteiger partial charge in [-0.2, -0.15) is 0 Å². The molecule has 0 unspecified atom stereocenters. The third kappa shape index (κ3) is 5.29. The van der Waals surface area contributed by atoms with Crippen LogP contribution in [0.5, 0.6) is 5.75 Å². The van der Waals surface area contributed by atoms with E-state index in [1.54, 1.807) is 24.3 Å². The number of hydrogen-bond acceptors (Lipinski definition) is 4. The maximum absolute atomic E-state index is 10.8. The van der Waals surface area contributed by atoms with E-state index < -0.39 is 6.10 Å². The summed E-state index contributed by atoms with van der Waals surface area (Å²) in [5.41, 5.74) is 0.454. The molecule has 0 amide bonds. The molecule has 100 valence electrons. The monoisotopic (exact) mass is 251 g/mol. The van der Waals surface area contributed by atoms with E-state index in [9.17, 15) is 9.90 Å². The highest BCUT2D eigenvalue weighted by Crippen LogP contribution is 2.15. The van der Waals surface area contributed by atoms with Crippen LogP contribution in [0.1, 0.15) is 31.1 Å². The van der Waals surface area contributed by atoms with Crippen molar-refractivity contribution in [2.45, 2.75) is 32.4 Å². The number of para-hydroxylation sites is 1. The zero-order chi connectivity index (χ0) is 13.6. The number of rotatable bonds is 6. The lowest BCUT2D eigenvalue weighted by Gasteiger charge is -2.23. The molecule has 1 rings (SSSR count). The Morgan fingerprint density at radius 2 is 2.06 bits per heavy atom. The van der Waals surface area contributed by atoms with Crippen molar-refractivity contribution in [1.29, 1.82) is 0 Å². The van der Waals surface area contributed by atoms with Crippen LogP contribution in [-0.2, 0) is 0 Å². The van der Waals surface area contributed by atoms with Gasteiger partial charge in [0.2, 0.25) is 0 Å². The predicted molar refractivity (Wildman–Crippen MR) is 71.1 cm³/mol. The standard InChI is InChI=1S/C14H21NO3/c1-14(2,3)15-8-12(17)10-18-13-7-5-4-6-11(13)9-16/h4-7,9,12,15,17H,8,10H2,1-3H3/t12-/m1/s1. The highest BCUT2D eigenvalue weighted by Gasteiger charge is 2.13. The minimum Gasteiger partial charge on any atom is -0.490 e. The van der Waals surface area contributed by atoms with Crippen molar-refractivity contribution >= 4 is 6.29 Å². The molecule has 0 aliphatic rings. The van der Waals surface area contributed by atoms with Crippen LogP contribution in [0.3, 0.4) is 0 Å². The first kappa shape index (κ1) is 14.7. The Balaban J connectivity index is 2.42. The van der Waals surface area contributed by atoms with Crippen LogP contribution < -0.4 is 10.1 Å². The molecule has 1 aromatic carbocycles. The Labute approximate surface area is 108 Å². The number of aliphatic hydroxyl groups is 1. The van der Waals surface area contributed by atoms with E-state index in [0.717, 1.165) is 6.29 Å². The van der Waals surface area contributed by atoms with Crippen molar-refractivity contribution < 1.29 is 14.6 Å². The Morgan fingerprint density at radius 1 is 1.39 bits per heavy atom. The number of aliphatic hydroxyl groups excluding tert-OH is 1. The van der Waals surface area contributed by atoms with Crippen LogP contribution in [0.4, 0.5) is 0 Å². The highest BCUT2D eigenvalue weighted by atomic mass is 16.5. The number of carbonyl (C=O) groups is 1. The van der Waals surface area contributed by atoms with Crippen molar-refractivity contribution in [2.24, 2.45) is 0 Å². The second-order valence-corrected chi connectivity index (χ2v) is 5.25. The topological polar surface area (TPSA) is 58.6 Å². The number of ether oxygens (including phenoxy) is 1. The van der Waals surface area contributed by atoms with Gasteiger partial charge in [0.25, 0.3) is 0 Å². The summed E-state index contributed by atoms with van der Waals surface area (Å²) in [6, 6.07) is 6.96. The van der Waals surface area contributed by atoms with Crippen molar-refractivity contribution in [1.82, 2.24) is 5.32 Å². The molecule has 4 heteroatoms. The summed E-state index contributed by atoms with van der Waals surface area (Å²) in [5.74, 6) is 0.502. The second kappa shape index (κ2) is 6.52. The Bertz CT molecular complexity index is 385. The molecule has 18 heavy (non-hydrogen) atoms. The molecule has 0 fully saturated rings. The maximum atomic E-state index is 10.8.